The fourth-order valence-electron chi connectivity index (χ4n) is 2.02. The Bertz CT molecular complexity index is 367. The summed E-state index contributed by atoms with van der Waals surface area (Å²) in [6, 6.07) is 3.89. The van der Waals surface area contributed by atoms with Crippen LogP contribution in [0.15, 0.2) is 12.1 Å². The van der Waals surface area contributed by atoms with E-state index in [1.165, 1.54) is 4.88 Å². The van der Waals surface area contributed by atoms with E-state index in [4.69, 9.17) is 5.11 Å². The van der Waals surface area contributed by atoms with Gasteiger partial charge in [-0.1, -0.05) is 0 Å². The Balaban J connectivity index is 1.96. The van der Waals surface area contributed by atoms with Crippen molar-refractivity contribution in [3.05, 3.63) is 21.9 Å². The van der Waals surface area contributed by atoms with Crippen molar-refractivity contribution in [2.24, 2.45) is 5.92 Å². The summed E-state index contributed by atoms with van der Waals surface area (Å²) in [4.78, 5) is 16.0. The molecule has 0 spiro atoms. The first kappa shape index (κ1) is 11.6. The topological polar surface area (TPSA) is 40.5 Å². The summed E-state index contributed by atoms with van der Waals surface area (Å²) in [6.45, 7) is 3.82. The first-order valence-electron chi connectivity index (χ1n) is 5.67. The van der Waals surface area contributed by atoms with Crippen LogP contribution in [0.2, 0.25) is 0 Å². The van der Waals surface area contributed by atoms with E-state index in [-0.39, 0.29) is 12.5 Å². The number of hydrogen-bond acceptors (Lipinski definition) is 3. The molecule has 1 aromatic heterocycles. The van der Waals surface area contributed by atoms with Gasteiger partial charge in [-0.25, -0.2) is 0 Å². The Hall–Kier alpha value is -0.870. The molecule has 1 amide bonds. The molecular weight excluding hydrogens is 222 g/mol. The number of aliphatic hydroxyl groups excluding tert-OH is 1. The lowest BCUT2D eigenvalue weighted by molar-refractivity contribution is 0.0655. The van der Waals surface area contributed by atoms with Crippen LogP contribution in [-0.4, -0.2) is 35.6 Å². The number of carbonyl (C=O) groups is 1. The molecule has 0 atom stereocenters. The average molecular weight is 239 g/mol. The molecule has 1 aromatic rings. The number of likely N-dealkylation sites (tertiary alicyclic amines) is 1. The molecule has 1 N–H and O–H groups in total. The van der Waals surface area contributed by atoms with E-state index in [1.54, 1.807) is 11.3 Å². The Morgan fingerprint density at radius 2 is 2.19 bits per heavy atom. The monoisotopic (exact) mass is 239 g/mol. The first-order valence-corrected chi connectivity index (χ1v) is 6.49. The molecule has 0 aliphatic carbocycles. The maximum absolute atomic E-state index is 12.1. The predicted molar refractivity (Wildman–Crippen MR) is 64.8 cm³/mol. The van der Waals surface area contributed by atoms with Gasteiger partial charge in [-0.3, -0.25) is 4.79 Å². The summed E-state index contributed by atoms with van der Waals surface area (Å²) >= 11 is 1.56. The van der Waals surface area contributed by atoms with Crippen molar-refractivity contribution < 1.29 is 9.90 Å². The van der Waals surface area contributed by atoms with Gasteiger partial charge < -0.3 is 10.0 Å². The van der Waals surface area contributed by atoms with Crippen molar-refractivity contribution in [3.63, 3.8) is 0 Å². The highest BCUT2D eigenvalue weighted by Crippen LogP contribution is 2.21. The lowest BCUT2D eigenvalue weighted by Gasteiger charge is -2.30. The van der Waals surface area contributed by atoms with Crippen LogP contribution >= 0.6 is 11.3 Å². The van der Waals surface area contributed by atoms with Crippen molar-refractivity contribution >= 4 is 17.2 Å². The lowest BCUT2D eigenvalue weighted by Crippen LogP contribution is -2.38. The molecule has 0 aromatic carbocycles. The molecule has 3 nitrogen and oxygen atoms in total. The minimum absolute atomic E-state index is 0.148. The fourth-order valence-corrected chi connectivity index (χ4v) is 2.86. The molecule has 1 aliphatic rings. The molecule has 1 saturated heterocycles. The number of amides is 1. The maximum Gasteiger partial charge on any atom is 0.263 e. The second kappa shape index (κ2) is 4.97. The highest BCUT2D eigenvalue weighted by molar-refractivity contribution is 7.13. The maximum atomic E-state index is 12.1. The SMILES string of the molecule is Cc1ccc(C(=O)N2CCC(CO)CC2)s1. The van der Waals surface area contributed by atoms with Gasteiger partial charge in [0.05, 0.1) is 4.88 Å². The summed E-state index contributed by atoms with van der Waals surface area (Å²) in [6.07, 6.45) is 1.85. The van der Waals surface area contributed by atoms with Crippen molar-refractivity contribution in [2.45, 2.75) is 19.8 Å². The van der Waals surface area contributed by atoms with E-state index in [0.717, 1.165) is 30.8 Å². The van der Waals surface area contributed by atoms with E-state index in [1.807, 2.05) is 24.0 Å². The molecule has 2 heterocycles. The van der Waals surface area contributed by atoms with E-state index < -0.39 is 0 Å². The third-order valence-electron chi connectivity index (χ3n) is 3.11. The van der Waals surface area contributed by atoms with Crippen LogP contribution in [0, 0.1) is 12.8 Å². The van der Waals surface area contributed by atoms with E-state index in [0.29, 0.717) is 5.92 Å². The van der Waals surface area contributed by atoms with Crippen molar-refractivity contribution in [1.29, 1.82) is 0 Å². The summed E-state index contributed by atoms with van der Waals surface area (Å²) in [5.41, 5.74) is 0. The molecule has 1 aliphatic heterocycles. The number of thiophene rings is 1. The zero-order valence-corrected chi connectivity index (χ0v) is 10.3. The van der Waals surface area contributed by atoms with Gasteiger partial charge in [0.25, 0.3) is 5.91 Å². The van der Waals surface area contributed by atoms with Gasteiger partial charge in [0.2, 0.25) is 0 Å². The van der Waals surface area contributed by atoms with Crippen LogP contribution in [0.4, 0.5) is 0 Å². The van der Waals surface area contributed by atoms with Gasteiger partial charge in [0, 0.05) is 24.6 Å². The Morgan fingerprint density at radius 3 is 2.69 bits per heavy atom. The largest absolute Gasteiger partial charge is 0.396 e. The normalized spacial score (nSPS) is 17.8. The second-order valence-electron chi connectivity index (χ2n) is 4.33. The van der Waals surface area contributed by atoms with Crippen LogP contribution in [0.3, 0.4) is 0 Å². The Kier molecular flexibility index (Phi) is 3.61. The summed E-state index contributed by atoms with van der Waals surface area (Å²) in [5, 5.41) is 9.03. The van der Waals surface area contributed by atoms with Crippen molar-refractivity contribution in [1.82, 2.24) is 4.90 Å². The first-order chi connectivity index (χ1) is 7.70. The second-order valence-corrected chi connectivity index (χ2v) is 5.62. The van der Waals surface area contributed by atoms with Crippen molar-refractivity contribution in [3.8, 4) is 0 Å². The van der Waals surface area contributed by atoms with Crippen molar-refractivity contribution in [2.75, 3.05) is 19.7 Å². The molecule has 4 heteroatoms. The highest BCUT2D eigenvalue weighted by atomic mass is 32.1. The van der Waals surface area contributed by atoms with Crippen LogP contribution in [0.5, 0.6) is 0 Å². The zero-order valence-electron chi connectivity index (χ0n) is 9.48. The van der Waals surface area contributed by atoms with Crippen LogP contribution in [0.1, 0.15) is 27.4 Å². The Morgan fingerprint density at radius 1 is 1.50 bits per heavy atom. The minimum atomic E-state index is 0.148. The lowest BCUT2D eigenvalue weighted by atomic mass is 9.98. The molecule has 0 bridgehead atoms. The van der Waals surface area contributed by atoms with Gasteiger partial charge in [-0.05, 0) is 37.8 Å². The number of nitrogens with zero attached hydrogens (tertiary/aromatic N) is 1. The third kappa shape index (κ3) is 2.44. The van der Waals surface area contributed by atoms with Gasteiger partial charge in [-0.2, -0.15) is 0 Å². The standard InChI is InChI=1S/C12H17NO2S/c1-9-2-3-11(16-9)12(15)13-6-4-10(8-14)5-7-13/h2-3,10,14H,4-8H2,1H3. The summed E-state index contributed by atoms with van der Waals surface area (Å²) in [5.74, 6) is 0.531. The summed E-state index contributed by atoms with van der Waals surface area (Å²) in [7, 11) is 0. The van der Waals surface area contributed by atoms with Crippen LogP contribution in [0.25, 0.3) is 0 Å². The van der Waals surface area contributed by atoms with Crippen LogP contribution in [-0.2, 0) is 0 Å². The Labute approximate surface area is 99.7 Å². The number of aryl methyl sites for hydroxylation is 1. The number of aliphatic hydroxyl groups is 1. The minimum Gasteiger partial charge on any atom is -0.396 e. The number of carbonyl (C=O) groups excluding carboxylic acids is 1. The number of piperidine rings is 1. The van der Waals surface area contributed by atoms with Crippen LogP contribution < -0.4 is 0 Å². The van der Waals surface area contributed by atoms with E-state index in [2.05, 4.69) is 0 Å². The average Bonchev–Trinajstić information content (AvgIpc) is 2.75. The highest BCUT2D eigenvalue weighted by Gasteiger charge is 2.23. The fraction of sp³-hybridized carbons (Fsp3) is 0.583. The van der Waals surface area contributed by atoms with E-state index >= 15 is 0 Å². The van der Waals surface area contributed by atoms with Gasteiger partial charge in [0.1, 0.15) is 0 Å². The molecule has 0 saturated carbocycles. The third-order valence-corrected chi connectivity index (χ3v) is 4.10. The quantitative estimate of drug-likeness (QED) is 0.856. The number of rotatable bonds is 2. The zero-order chi connectivity index (χ0) is 11.5. The molecule has 2 rings (SSSR count). The van der Waals surface area contributed by atoms with Gasteiger partial charge in [0.15, 0.2) is 0 Å². The molecule has 88 valence electrons. The molecule has 0 radical (unpaired) electrons. The molecule has 1 fully saturated rings. The molecule has 0 unspecified atom stereocenters. The number of hydrogen-bond donors (Lipinski definition) is 1. The predicted octanol–water partition coefficient (Wildman–Crippen LogP) is 1.90. The van der Waals surface area contributed by atoms with Gasteiger partial charge >= 0.3 is 0 Å². The smallest absolute Gasteiger partial charge is 0.263 e. The molecular formula is C12H17NO2S. The molecule has 16 heavy (non-hydrogen) atoms. The van der Waals surface area contributed by atoms with Gasteiger partial charge in [-0.15, -0.1) is 11.3 Å². The summed E-state index contributed by atoms with van der Waals surface area (Å²) < 4.78 is 0. The van der Waals surface area contributed by atoms with E-state index in [9.17, 15) is 4.79 Å².